The Morgan fingerprint density at radius 2 is 0.824 bits per heavy atom. The summed E-state index contributed by atoms with van der Waals surface area (Å²) in [6.45, 7) is 4.53. The van der Waals surface area contributed by atoms with Crippen molar-refractivity contribution in [2.45, 2.75) is 244 Å². The first-order valence-electron chi connectivity index (χ1n) is 22.0. The van der Waals surface area contributed by atoms with Crippen LogP contribution < -0.4 is 5.32 Å². The molecular weight excluding hydrogens is 655 g/mol. The lowest BCUT2D eigenvalue weighted by Crippen LogP contribution is -2.46. The van der Waals surface area contributed by atoms with Crippen molar-refractivity contribution in [2.24, 2.45) is 0 Å². The molecule has 7 heteroatoms. The minimum absolute atomic E-state index is 0.278. The Labute approximate surface area is 317 Å². The first-order chi connectivity index (χ1) is 24.8. The Morgan fingerprint density at radius 3 is 1.18 bits per heavy atom. The SMILES string of the molecule is CCCCCCCCCC/C=C\CCCCCCCCCCCC(=O)NC(CS(=O)(=O)O)C(O)/C=C/CCCCCCCCCCCCCCC. The van der Waals surface area contributed by atoms with Crippen LogP contribution in [0.4, 0.5) is 0 Å². The molecule has 3 N–H and O–H groups in total. The minimum Gasteiger partial charge on any atom is -0.387 e. The van der Waals surface area contributed by atoms with E-state index in [1.807, 2.05) is 6.08 Å². The molecule has 0 bridgehead atoms. The summed E-state index contributed by atoms with van der Waals surface area (Å²) in [5.74, 6) is -0.974. The molecule has 1 amide bonds. The first-order valence-corrected chi connectivity index (χ1v) is 23.6. The second-order valence-electron chi connectivity index (χ2n) is 15.3. The van der Waals surface area contributed by atoms with Gasteiger partial charge in [-0.25, -0.2) is 0 Å². The molecule has 0 fully saturated rings. The number of unbranched alkanes of at least 4 members (excludes halogenated alkanes) is 30. The molecule has 0 aliphatic heterocycles. The van der Waals surface area contributed by atoms with Gasteiger partial charge in [0.25, 0.3) is 10.1 Å². The van der Waals surface area contributed by atoms with Crippen molar-refractivity contribution in [3.63, 3.8) is 0 Å². The number of amides is 1. The van der Waals surface area contributed by atoms with Gasteiger partial charge in [0, 0.05) is 6.42 Å². The van der Waals surface area contributed by atoms with Crippen molar-refractivity contribution in [2.75, 3.05) is 5.75 Å². The van der Waals surface area contributed by atoms with E-state index < -0.39 is 28.0 Å². The average Bonchev–Trinajstić information content (AvgIpc) is 3.09. The molecule has 0 aromatic heterocycles. The molecule has 0 radical (unpaired) electrons. The zero-order chi connectivity index (χ0) is 37.5. The van der Waals surface area contributed by atoms with E-state index in [1.165, 1.54) is 173 Å². The fourth-order valence-corrected chi connectivity index (χ4v) is 7.53. The molecule has 302 valence electrons. The molecule has 0 aromatic rings. The largest absolute Gasteiger partial charge is 0.387 e. The van der Waals surface area contributed by atoms with Crippen LogP contribution in [-0.2, 0) is 14.9 Å². The summed E-state index contributed by atoms with van der Waals surface area (Å²) in [7, 11) is -4.34. The molecule has 0 saturated carbocycles. The number of rotatable bonds is 40. The van der Waals surface area contributed by atoms with Crippen LogP contribution >= 0.6 is 0 Å². The zero-order valence-corrected chi connectivity index (χ0v) is 34.6. The van der Waals surface area contributed by atoms with Crippen LogP contribution in [0.15, 0.2) is 24.3 Å². The van der Waals surface area contributed by atoms with Crippen LogP contribution in [0.25, 0.3) is 0 Å². The highest BCUT2D eigenvalue weighted by atomic mass is 32.2. The molecule has 51 heavy (non-hydrogen) atoms. The summed E-state index contributed by atoms with van der Waals surface area (Å²) >= 11 is 0. The van der Waals surface area contributed by atoms with Crippen LogP contribution in [0.1, 0.15) is 232 Å². The highest BCUT2D eigenvalue weighted by Gasteiger charge is 2.24. The summed E-state index contributed by atoms with van der Waals surface area (Å²) < 4.78 is 32.5. The van der Waals surface area contributed by atoms with Gasteiger partial charge < -0.3 is 10.4 Å². The third-order valence-electron chi connectivity index (χ3n) is 10.1. The molecule has 0 aliphatic carbocycles. The number of carbonyl (C=O) groups is 1. The highest BCUT2D eigenvalue weighted by Crippen LogP contribution is 2.15. The smallest absolute Gasteiger partial charge is 0.267 e. The number of aliphatic hydroxyl groups excluding tert-OH is 1. The molecule has 0 saturated heterocycles. The van der Waals surface area contributed by atoms with E-state index in [4.69, 9.17) is 0 Å². The Balaban J connectivity index is 3.85. The van der Waals surface area contributed by atoms with E-state index in [-0.39, 0.29) is 5.91 Å². The number of hydrogen-bond donors (Lipinski definition) is 3. The summed E-state index contributed by atoms with van der Waals surface area (Å²) in [4.78, 5) is 12.5. The molecule has 6 nitrogen and oxygen atoms in total. The minimum atomic E-state index is -4.34. The number of aliphatic hydroxyl groups is 1. The monoisotopic (exact) mass is 740 g/mol. The molecule has 2 atom stereocenters. The molecule has 0 rings (SSSR count). The Kier molecular flexibility index (Phi) is 37.6. The van der Waals surface area contributed by atoms with Gasteiger partial charge in [0.1, 0.15) is 0 Å². The van der Waals surface area contributed by atoms with Gasteiger partial charge in [-0.3, -0.25) is 9.35 Å². The van der Waals surface area contributed by atoms with Gasteiger partial charge in [0.2, 0.25) is 5.91 Å². The first kappa shape index (κ1) is 49.8. The van der Waals surface area contributed by atoms with E-state index >= 15 is 0 Å². The van der Waals surface area contributed by atoms with Crippen molar-refractivity contribution in [1.82, 2.24) is 5.32 Å². The van der Waals surface area contributed by atoms with Gasteiger partial charge in [-0.1, -0.05) is 205 Å². The maximum absolute atomic E-state index is 12.5. The van der Waals surface area contributed by atoms with E-state index in [0.29, 0.717) is 6.42 Å². The van der Waals surface area contributed by atoms with Crippen molar-refractivity contribution in [1.29, 1.82) is 0 Å². The number of carbonyl (C=O) groups excluding carboxylic acids is 1. The average molecular weight is 740 g/mol. The number of allylic oxidation sites excluding steroid dienone is 3. The van der Waals surface area contributed by atoms with Crippen LogP contribution in [0.2, 0.25) is 0 Å². The predicted octanol–water partition coefficient (Wildman–Crippen LogP) is 13.1. The topological polar surface area (TPSA) is 104 Å². The lowest BCUT2D eigenvalue weighted by Gasteiger charge is -2.21. The standard InChI is InChI=1S/C44H85NO5S/c1-3-5-7-9-11-13-15-17-19-20-21-22-23-24-26-28-30-32-34-36-38-40-44(47)45-42(41-51(48,49)50)43(46)39-37-35-33-31-29-27-25-18-16-14-12-10-8-6-4-2/h20-21,37,39,42-43,46H,3-19,22-36,38,40-41H2,1-2H3,(H,45,47)(H,48,49,50)/b21-20-,39-37+. The van der Waals surface area contributed by atoms with Crippen molar-refractivity contribution >= 4 is 16.0 Å². The van der Waals surface area contributed by atoms with E-state index in [2.05, 4.69) is 31.3 Å². The van der Waals surface area contributed by atoms with E-state index in [0.717, 1.165) is 38.5 Å². The lowest BCUT2D eigenvalue weighted by molar-refractivity contribution is -0.122. The molecule has 0 heterocycles. The summed E-state index contributed by atoms with van der Waals surface area (Å²) in [5, 5.41) is 13.2. The number of nitrogens with one attached hydrogen (secondary N) is 1. The Morgan fingerprint density at radius 1 is 0.510 bits per heavy atom. The predicted molar refractivity (Wildman–Crippen MR) is 221 cm³/mol. The Bertz CT molecular complexity index is 903. The van der Waals surface area contributed by atoms with E-state index in [1.54, 1.807) is 6.08 Å². The number of hydrogen-bond acceptors (Lipinski definition) is 4. The zero-order valence-electron chi connectivity index (χ0n) is 33.7. The molecule has 0 spiro atoms. The van der Waals surface area contributed by atoms with Crippen LogP contribution in [0.3, 0.4) is 0 Å². The summed E-state index contributed by atoms with van der Waals surface area (Å²) in [6.07, 6.45) is 48.8. The maximum Gasteiger partial charge on any atom is 0.267 e. The molecule has 0 aliphatic rings. The second-order valence-corrected chi connectivity index (χ2v) is 16.8. The van der Waals surface area contributed by atoms with Gasteiger partial charge in [0.05, 0.1) is 17.9 Å². The molecule has 2 unspecified atom stereocenters. The second kappa shape index (κ2) is 38.5. The van der Waals surface area contributed by atoms with Gasteiger partial charge in [-0.2, -0.15) is 8.42 Å². The fourth-order valence-electron chi connectivity index (χ4n) is 6.80. The summed E-state index contributed by atoms with van der Waals surface area (Å²) in [6, 6.07) is -1.05. The van der Waals surface area contributed by atoms with Gasteiger partial charge in [-0.05, 0) is 44.9 Å². The lowest BCUT2D eigenvalue weighted by atomic mass is 10.0. The normalized spacial score (nSPS) is 13.4. The van der Waals surface area contributed by atoms with Gasteiger partial charge in [0.15, 0.2) is 0 Å². The van der Waals surface area contributed by atoms with Crippen LogP contribution in [0.5, 0.6) is 0 Å². The quantitative estimate of drug-likeness (QED) is 0.0330. The third kappa shape index (κ3) is 39.9. The van der Waals surface area contributed by atoms with E-state index in [9.17, 15) is 22.9 Å². The fraction of sp³-hybridized carbons (Fsp3) is 0.886. The van der Waals surface area contributed by atoms with Crippen molar-refractivity contribution < 1.29 is 22.9 Å². The van der Waals surface area contributed by atoms with Crippen molar-refractivity contribution in [3.8, 4) is 0 Å². The van der Waals surface area contributed by atoms with Crippen molar-refractivity contribution in [3.05, 3.63) is 24.3 Å². The van der Waals surface area contributed by atoms with Crippen LogP contribution in [0, 0.1) is 0 Å². The highest BCUT2D eigenvalue weighted by molar-refractivity contribution is 7.85. The Hall–Kier alpha value is -1.18. The maximum atomic E-state index is 12.5. The third-order valence-corrected chi connectivity index (χ3v) is 10.9. The summed E-state index contributed by atoms with van der Waals surface area (Å²) in [5.41, 5.74) is 0. The molecular formula is C44H85NO5S. The van der Waals surface area contributed by atoms with Gasteiger partial charge in [-0.15, -0.1) is 0 Å². The molecule has 0 aromatic carbocycles. The van der Waals surface area contributed by atoms with Crippen LogP contribution in [-0.4, -0.2) is 41.9 Å². The van der Waals surface area contributed by atoms with Gasteiger partial charge >= 0.3 is 0 Å².